The van der Waals surface area contributed by atoms with Gasteiger partial charge in [-0.1, -0.05) is 11.6 Å². The van der Waals surface area contributed by atoms with Crippen molar-refractivity contribution in [2.75, 3.05) is 37.4 Å². The molecule has 0 aromatic heterocycles. The first-order valence-corrected chi connectivity index (χ1v) is 6.38. The van der Waals surface area contributed by atoms with Crippen LogP contribution in [0.15, 0.2) is 12.1 Å². The third-order valence-electron chi connectivity index (χ3n) is 2.73. The summed E-state index contributed by atoms with van der Waals surface area (Å²) in [6.07, 6.45) is 0.294. The van der Waals surface area contributed by atoms with E-state index < -0.39 is 5.91 Å². The number of nitrogen functional groups attached to an aromatic ring is 1. The molecule has 108 valence electrons. The zero-order chi connectivity index (χ0) is 15.1. The summed E-state index contributed by atoms with van der Waals surface area (Å²) >= 11 is 6.18. The van der Waals surface area contributed by atoms with Gasteiger partial charge in [-0.15, -0.1) is 0 Å². The van der Waals surface area contributed by atoms with Gasteiger partial charge in [0.25, 0.3) is 5.91 Å². The van der Waals surface area contributed by atoms with Crippen LogP contribution in [0.25, 0.3) is 0 Å². The molecule has 0 saturated heterocycles. The van der Waals surface area contributed by atoms with Crippen molar-refractivity contribution in [2.45, 2.75) is 6.42 Å². The summed E-state index contributed by atoms with van der Waals surface area (Å²) in [7, 11) is 1.57. The first-order chi connectivity index (χ1) is 9.51. The number of primary amides is 1. The Morgan fingerprint density at radius 3 is 2.75 bits per heavy atom. The molecule has 0 saturated carbocycles. The summed E-state index contributed by atoms with van der Waals surface area (Å²) in [4.78, 5) is 13.4. The highest BCUT2D eigenvalue weighted by molar-refractivity contribution is 6.34. The van der Waals surface area contributed by atoms with Crippen molar-refractivity contribution in [2.24, 2.45) is 5.73 Å². The van der Waals surface area contributed by atoms with Gasteiger partial charge in [0, 0.05) is 25.9 Å². The number of benzene rings is 1. The van der Waals surface area contributed by atoms with Crippen LogP contribution in [0, 0.1) is 11.3 Å². The van der Waals surface area contributed by atoms with Gasteiger partial charge in [0.1, 0.15) is 0 Å². The lowest BCUT2D eigenvalue weighted by molar-refractivity contribution is 0.100. The average Bonchev–Trinajstić information content (AvgIpc) is 2.39. The van der Waals surface area contributed by atoms with E-state index in [1.54, 1.807) is 18.1 Å². The van der Waals surface area contributed by atoms with Gasteiger partial charge in [-0.25, -0.2) is 0 Å². The molecule has 0 spiro atoms. The van der Waals surface area contributed by atoms with Gasteiger partial charge in [-0.05, 0) is 12.1 Å². The van der Waals surface area contributed by atoms with Crippen LogP contribution >= 0.6 is 11.6 Å². The molecule has 0 radical (unpaired) electrons. The van der Waals surface area contributed by atoms with Gasteiger partial charge < -0.3 is 21.1 Å². The molecule has 4 N–H and O–H groups in total. The molecule has 0 aliphatic carbocycles. The lowest BCUT2D eigenvalue weighted by atomic mass is 10.1. The number of halogens is 1. The first-order valence-electron chi connectivity index (χ1n) is 6.01. The van der Waals surface area contributed by atoms with Crippen molar-refractivity contribution < 1.29 is 9.53 Å². The van der Waals surface area contributed by atoms with Crippen LogP contribution in [0.3, 0.4) is 0 Å². The highest BCUT2D eigenvalue weighted by Gasteiger charge is 2.19. The third kappa shape index (κ3) is 4.02. The van der Waals surface area contributed by atoms with Crippen LogP contribution in [-0.2, 0) is 4.74 Å². The summed E-state index contributed by atoms with van der Waals surface area (Å²) in [5.74, 6) is -0.617. The molecule has 0 aliphatic heterocycles. The predicted molar refractivity (Wildman–Crippen MR) is 78.7 cm³/mol. The monoisotopic (exact) mass is 296 g/mol. The number of nitriles is 1. The van der Waals surface area contributed by atoms with E-state index in [0.29, 0.717) is 42.5 Å². The molecule has 20 heavy (non-hydrogen) atoms. The Labute approximate surface area is 122 Å². The van der Waals surface area contributed by atoms with E-state index >= 15 is 0 Å². The van der Waals surface area contributed by atoms with Crippen LogP contribution in [-0.4, -0.2) is 32.7 Å². The van der Waals surface area contributed by atoms with Gasteiger partial charge >= 0.3 is 0 Å². The normalized spacial score (nSPS) is 10.1. The summed E-state index contributed by atoms with van der Waals surface area (Å²) in [6.45, 7) is 1.34. The lowest BCUT2D eigenvalue weighted by Crippen LogP contribution is -2.31. The minimum Gasteiger partial charge on any atom is -0.399 e. The molecule has 0 atom stereocenters. The molecule has 1 aromatic rings. The second kappa shape index (κ2) is 7.58. The van der Waals surface area contributed by atoms with Gasteiger partial charge in [-0.3, -0.25) is 4.79 Å². The zero-order valence-corrected chi connectivity index (χ0v) is 12.0. The number of amides is 1. The molecular formula is C13H17ClN4O2. The molecule has 0 aliphatic rings. The number of hydrogen-bond donors (Lipinski definition) is 2. The Balaban J connectivity index is 3.23. The molecule has 1 amide bonds. The largest absolute Gasteiger partial charge is 0.399 e. The van der Waals surface area contributed by atoms with Crippen molar-refractivity contribution >= 4 is 28.9 Å². The van der Waals surface area contributed by atoms with Crippen molar-refractivity contribution in [1.29, 1.82) is 5.26 Å². The summed E-state index contributed by atoms with van der Waals surface area (Å²) in [6, 6.07) is 5.09. The van der Waals surface area contributed by atoms with E-state index in [1.165, 1.54) is 6.07 Å². The molecule has 7 heteroatoms. The van der Waals surface area contributed by atoms with E-state index in [9.17, 15) is 4.79 Å². The Kier molecular flexibility index (Phi) is 6.10. The number of ether oxygens (including phenoxy) is 1. The van der Waals surface area contributed by atoms with Crippen molar-refractivity contribution in [1.82, 2.24) is 0 Å². The van der Waals surface area contributed by atoms with Gasteiger partial charge in [0.15, 0.2) is 0 Å². The fourth-order valence-electron chi connectivity index (χ4n) is 1.85. The van der Waals surface area contributed by atoms with Gasteiger partial charge in [0.2, 0.25) is 0 Å². The van der Waals surface area contributed by atoms with Gasteiger partial charge in [-0.2, -0.15) is 5.26 Å². The van der Waals surface area contributed by atoms with Crippen LogP contribution in [0.2, 0.25) is 5.02 Å². The fourth-order valence-corrected chi connectivity index (χ4v) is 2.20. The molecular weight excluding hydrogens is 280 g/mol. The number of methoxy groups -OCH3 is 1. The minimum atomic E-state index is -0.617. The van der Waals surface area contributed by atoms with Crippen molar-refractivity contribution in [3.05, 3.63) is 22.7 Å². The standard InChI is InChI=1S/C13H17ClN4O2/c1-20-6-5-18(4-2-3-15)12-10(13(17)19)7-9(16)8-11(12)14/h7-8H,2,4-6,16H2,1H3,(H2,17,19). The van der Waals surface area contributed by atoms with E-state index in [0.717, 1.165) is 0 Å². The van der Waals surface area contributed by atoms with E-state index in [4.69, 9.17) is 33.1 Å². The number of nitrogens with zero attached hydrogens (tertiary/aromatic N) is 2. The van der Waals surface area contributed by atoms with Crippen LogP contribution < -0.4 is 16.4 Å². The van der Waals surface area contributed by atoms with Crippen LogP contribution in [0.5, 0.6) is 0 Å². The van der Waals surface area contributed by atoms with Crippen LogP contribution in [0.4, 0.5) is 11.4 Å². The first kappa shape index (κ1) is 16.1. The predicted octanol–water partition coefficient (Wildman–Crippen LogP) is 1.39. The maximum Gasteiger partial charge on any atom is 0.250 e. The second-order valence-electron chi connectivity index (χ2n) is 4.15. The highest BCUT2D eigenvalue weighted by atomic mass is 35.5. The van der Waals surface area contributed by atoms with E-state index in [1.807, 2.05) is 0 Å². The molecule has 6 nitrogen and oxygen atoms in total. The number of carbonyl (C=O) groups excluding carboxylic acids is 1. The Hall–Kier alpha value is -1.97. The SMILES string of the molecule is COCCN(CCC#N)c1c(Cl)cc(N)cc1C(N)=O. The summed E-state index contributed by atoms with van der Waals surface area (Å²) in [5, 5.41) is 9.05. The maximum absolute atomic E-state index is 11.6. The fraction of sp³-hybridized carbons (Fsp3) is 0.385. The smallest absolute Gasteiger partial charge is 0.250 e. The second-order valence-corrected chi connectivity index (χ2v) is 4.56. The highest BCUT2D eigenvalue weighted by Crippen LogP contribution is 2.32. The number of rotatable bonds is 7. The maximum atomic E-state index is 11.6. The summed E-state index contributed by atoms with van der Waals surface area (Å²) in [5.41, 5.74) is 12.1. The Bertz CT molecular complexity index is 528. The van der Waals surface area contributed by atoms with Gasteiger partial charge in [0.05, 0.1) is 35.4 Å². The Morgan fingerprint density at radius 1 is 1.50 bits per heavy atom. The molecule has 0 fully saturated rings. The molecule has 0 bridgehead atoms. The number of hydrogen-bond acceptors (Lipinski definition) is 5. The minimum absolute atomic E-state index is 0.240. The van der Waals surface area contributed by atoms with E-state index in [2.05, 4.69) is 6.07 Å². The van der Waals surface area contributed by atoms with Crippen molar-refractivity contribution in [3.63, 3.8) is 0 Å². The third-order valence-corrected chi connectivity index (χ3v) is 3.01. The lowest BCUT2D eigenvalue weighted by Gasteiger charge is -2.26. The molecule has 0 unspecified atom stereocenters. The van der Waals surface area contributed by atoms with Crippen molar-refractivity contribution in [3.8, 4) is 6.07 Å². The Morgan fingerprint density at radius 2 is 2.20 bits per heavy atom. The quantitative estimate of drug-likeness (QED) is 0.740. The van der Waals surface area contributed by atoms with E-state index in [-0.39, 0.29) is 5.56 Å². The number of nitrogens with two attached hydrogens (primary N) is 2. The molecule has 0 heterocycles. The molecule has 1 aromatic carbocycles. The topological polar surface area (TPSA) is 105 Å². The average molecular weight is 297 g/mol. The summed E-state index contributed by atoms with van der Waals surface area (Å²) < 4.78 is 5.03. The number of anilines is 2. The van der Waals surface area contributed by atoms with Crippen LogP contribution in [0.1, 0.15) is 16.8 Å². The number of carbonyl (C=O) groups is 1. The zero-order valence-electron chi connectivity index (χ0n) is 11.2. The molecule has 1 rings (SSSR count).